The lowest BCUT2D eigenvalue weighted by molar-refractivity contribution is 0.217. The van der Waals surface area contributed by atoms with Gasteiger partial charge in [-0.1, -0.05) is 10.4 Å². The summed E-state index contributed by atoms with van der Waals surface area (Å²) in [5.41, 5.74) is 3.74. The van der Waals surface area contributed by atoms with Crippen LogP contribution in [-0.4, -0.2) is 37.9 Å². The number of fused-ring (bicyclic) bond motifs is 5. The Balaban J connectivity index is 1.74. The number of hydrogen-bond donors (Lipinski definition) is 0. The molecular weight excluding hydrogens is 334 g/mol. The predicted octanol–water partition coefficient (Wildman–Crippen LogP) is 2.87. The number of aromatic nitrogens is 4. The highest BCUT2D eigenvalue weighted by Gasteiger charge is 2.38. The third-order valence-corrected chi connectivity index (χ3v) is 4.85. The third kappa shape index (κ3) is 2.06. The topological polar surface area (TPSA) is 93.9 Å². The van der Waals surface area contributed by atoms with Gasteiger partial charge in [0.1, 0.15) is 18.1 Å². The van der Waals surface area contributed by atoms with Crippen LogP contribution in [0.4, 0.5) is 0 Å². The van der Waals surface area contributed by atoms with E-state index in [1.54, 1.807) is 20.4 Å². The van der Waals surface area contributed by atoms with E-state index >= 15 is 0 Å². The molecule has 132 valence electrons. The molecule has 4 heterocycles. The molecule has 0 amide bonds. The maximum absolute atomic E-state index is 5.43. The molecule has 2 aliphatic rings. The second-order valence-corrected chi connectivity index (χ2v) is 6.47. The van der Waals surface area contributed by atoms with Gasteiger partial charge >= 0.3 is 0 Å². The quantitative estimate of drug-likeness (QED) is 0.705. The monoisotopic (exact) mass is 351 g/mol. The number of nitrogens with zero attached hydrogens (tertiary/aromatic N) is 7. The SMILES string of the molecule is COc1ccc2c(c1)C1C(C)N=NN1Cc1c(-c3nc(C)no3)ncn1-2. The van der Waals surface area contributed by atoms with E-state index < -0.39 is 0 Å². The minimum atomic E-state index is 0.0391. The van der Waals surface area contributed by atoms with Crippen LogP contribution in [0.25, 0.3) is 17.3 Å². The Bertz CT molecular complexity index is 1020. The molecular formula is C17H17N7O2. The molecule has 2 atom stereocenters. The highest BCUT2D eigenvalue weighted by atomic mass is 16.5. The van der Waals surface area contributed by atoms with Gasteiger partial charge in [-0.25, -0.2) is 4.98 Å². The first-order valence-corrected chi connectivity index (χ1v) is 8.38. The number of benzene rings is 1. The largest absolute Gasteiger partial charge is 0.497 e. The van der Waals surface area contributed by atoms with Crippen LogP contribution in [-0.2, 0) is 6.54 Å². The van der Waals surface area contributed by atoms with Crippen molar-refractivity contribution in [2.45, 2.75) is 32.5 Å². The van der Waals surface area contributed by atoms with Gasteiger partial charge < -0.3 is 13.8 Å². The molecule has 9 nitrogen and oxygen atoms in total. The summed E-state index contributed by atoms with van der Waals surface area (Å²) in [7, 11) is 1.67. The summed E-state index contributed by atoms with van der Waals surface area (Å²) in [6, 6.07) is 6.12. The smallest absolute Gasteiger partial charge is 0.278 e. The molecule has 0 aliphatic carbocycles. The molecule has 3 aromatic rings. The average Bonchev–Trinajstić information content (AvgIpc) is 3.32. The molecule has 2 aromatic heterocycles. The number of imidazole rings is 1. The van der Waals surface area contributed by atoms with E-state index in [1.165, 1.54) is 0 Å². The molecule has 9 heteroatoms. The molecule has 2 unspecified atom stereocenters. The van der Waals surface area contributed by atoms with Crippen LogP contribution in [0.2, 0.25) is 0 Å². The molecule has 0 N–H and O–H groups in total. The van der Waals surface area contributed by atoms with E-state index in [2.05, 4.69) is 37.0 Å². The minimum Gasteiger partial charge on any atom is -0.497 e. The number of rotatable bonds is 2. The van der Waals surface area contributed by atoms with E-state index in [9.17, 15) is 0 Å². The molecule has 0 saturated carbocycles. The summed E-state index contributed by atoms with van der Waals surface area (Å²) in [6.07, 6.45) is 1.79. The fraction of sp³-hybridized carbons (Fsp3) is 0.353. The zero-order valence-corrected chi connectivity index (χ0v) is 14.6. The summed E-state index contributed by atoms with van der Waals surface area (Å²) >= 11 is 0. The van der Waals surface area contributed by atoms with E-state index in [-0.39, 0.29) is 12.1 Å². The van der Waals surface area contributed by atoms with Crippen LogP contribution in [0.5, 0.6) is 5.75 Å². The van der Waals surface area contributed by atoms with Gasteiger partial charge in [0.05, 0.1) is 31.1 Å². The second-order valence-electron chi connectivity index (χ2n) is 6.47. The van der Waals surface area contributed by atoms with Crippen LogP contribution in [0.15, 0.2) is 39.4 Å². The minimum absolute atomic E-state index is 0.0391. The number of ether oxygens (including phenoxy) is 1. The lowest BCUT2D eigenvalue weighted by Crippen LogP contribution is -2.24. The van der Waals surface area contributed by atoms with Crippen LogP contribution < -0.4 is 4.74 Å². The van der Waals surface area contributed by atoms with Gasteiger partial charge in [-0.15, -0.1) is 0 Å². The molecule has 0 radical (unpaired) electrons. The zero-order valence-electron chi connectivity index (χ0n) is 14.6. The molecule has 0 saturated heterocycles. The van der Waals surface area contributed by atoms with Gasteiger partial charge in [0.25, 0.3) is 5.89 Å². The van der Waals surface area contributed by atoms with E-state index in [1.807, 2.05) is 23.2 Å². The van der Waals surface area contributed by atoms with Gasteiger partial charge in [-0.3, -0.25) is 5.01 Å². The van der Waals surface area contributed by atoms with E-state index in [0.717, 1.165) is 22.7 Å². The molecule has 0 bridgehead atoms. The van der Waals surface area contributed by atoms with Crippen molar-refractivity contribution in [3.63, 3.8) is 0 Å². The Hall–Kier alpha value is -3.23. The lowest BCUT2D eigenvalue weighted by Gasteiger charge is -2.23. The molecule has 1 aromatic carbocycles. The number of hydrogen-bond acceptors (Lipinski definition) is 8. The van der Waals surface area contributed by atoms with Crippen molar-refractivity contribution in [3.8, 4) is 23.0 Å². The van der Waals surface area contributed by atoms with Crippen molar-refractivity contribution in [2.75, 3.05) is 7.11 Å². The van der Waals surface area contributed by atoms with Crippen molar-refractivity contribution in [1.29, 1.82) is 0 Å². The maximum atomic E-state index is 5.43. The normalized spacial score (nSPS) is 20.5. The van der Waals surface area contributed by atoms with Crippen LogP contribution >= 0.6 is 0 Å². The van der Waals surface area contributed by atoms with E-state index in [4.69, 9.17) is 9.26 Å². The number of methoxy groups -OCH3 is 1. The Morgan fingerprint density at radius 2 is 2.19 bits per heavy atom. The van der Waals surface area contributed by atoms with Crippen molar-refractivity contribution in [2.24, 2.45) is 10.3 Å². The first kappa shape index (κ1) is 15.1. The van der Waals surface area contributed by atoms with Gasteiger partial charge in [0.15, 0.2) is 11.5 Å². The summed E-state index contributed by atoms with van der Waals surface area (Å²) in [4.78, 5) is 8.86. The average molecular weight is 351 g/mol. The lowest BCUT2D eigenvalue weighted by atomic mass is 9.99. The van der Waals surface area contributed by atoms with Crippen LogP contribution in [0, 0.1) is 6.92 Å². The molecule has 5 rings (SSSR count). The summed E-state index contributed by atoms with van der Waals surface area (Å²) in [6.45, 7) is 4.40. The van der Waals surface area contributed by atoms with Crippen molar-refractivity contribution in [3.05, 3.63) is 41.6 Å². The van der Waals surface area contributed by atoms with E-state index in [0.29, 0.717) is 24.0 Å². The standard InChI is InChI=1S/C17H17N7O2/c1-9-16-12-6-11(25-3)4-5-13(12)23-8-18-15(17-19-10(2)21-26-17)14(23)7-24(16)22-20-9/h4-6,8-9,16H,7H2,1-3H3. The van der Waals surface area contributed by atoms with Crippen molar-refractivity contribution < 1.29 is 9.26 Å². The van der Waals surface area contributed by atoms with Gasteiger partial charge in [0, 0.05) is 5.56 Å². The Morgan fingerprint density at radius 3 is 2.96 bits per heavy atom. The maximum Gasteiger partial charge on any atom is 0.278 e. The second kappa shape index (κ2) is 5.38. The fourth-order valence-electron chi connectivity index (χ4n) is 3.64. The highest BCUT2D eigenvalue weighted by Crippen LogP contribution is 2.42. The van der Waals surface area contributed by atoms with Crippen LogP contribution in [0.3, 0.4) is 0 Å². The zero-order chi connectivity index (χ0) is 17.8. The molecule has 26 heavy (non-hydrogen) atoms. The predicted molar refractivity (Wildman–Crippen MR) is 90.7 cm³/mol. The Morgan fingerprint density at radius 1 is 1.31 bits per heavy atom. The van der Waals surface area contributed by atoms with Gasteiger partial charge in [-0.2, -0.15) is 10.1 Å². The van der Waals surface area contributed by atoms with Crippen LogP contribution in [0.1, 0.15) is 30.0 Å². The first-order chi connectivity index (χ1) is 12.7. The Kier molecular flexibility index (Phi) is 3.12. The van der Waals surface area contributed by atoms with Crippen molar-refractivity contribution in [1.82, 2.24) is 24.7 Å². The van der Waals surface area contributed by atoms with Gasteiger partial charge in [-0.05, 0) is 32.0 Å². The fourth-order valence-corrected chi connectivity index (χ4v) is 3.64. The summed E-state index contributed by atoms with van der Waals surface area (Å²) < 4.78 is 12.8. The van der Waals surface area contributed by atoms with Gasteiger partial charge in [0.2, 0.25) is 0 Å². The Labute approximate surface area is 149 Å². The molecule has 0 fully saturated rings. The van der Waals surface area contributed by atoms with Crippen molar-refractivity contribution >= 4 is 0 Å². The first-order valence-electron chi connectivity index (χ1n) is 8.38. The molecule has 0 spiro atoms. The third-order valence-electron chi connectivity index (χ3n) is 4.85. The highest BCUT2D eigenvalue weighted by molar-refractivity contribution is 5.57. The summed E-state index contributed by atoms with van der Waals surface area (Å²) in [5, 5.41) is 14.6. The number of aryl methyl sites for hydroxylation is 1. The summed E-state index contributed by atoms with van der Waals surface area (Å²) in [5.74, 6) is 1.79. The molecule has 2 aliphatic heterocycles.